The molecule has 6 nitrogen and oxygen atoms in total. The largest absolute Gasteiger partial charge is 0.492 e. The van der Waals surface area contributed by atoms with Crippen molar-refractivity contribution in [3.8, 4) is 5.75 Å². The predicted octanol–water partition coefficient (Wildman–Crippen LogP) is 6.66. The molecule has 0 bridgehead atoms. The zero-order chi connectivity index (χ0) is 27.5. The van der Waals surface area contributed by atoms with E-state index in [1.165, 1.54) is 36.2 Å². The van der Waals surface area contributed by atoms with Crippen LogP contribution in [0.3, 0.4) is 0 Å². The summed E-state index contributed by atoms with van der Waals surface area (Å²) in [7, 11) is 3.29. The first-order valence-corrected chi connectivity index (χ1v) is 13.5. The van der Waals surface area contributed by atoms with Gasteiger partial charge >= 0.3 is 6.09 Å². The zero-order valence-corrected chi connectivity index (χ0v) is 24.1. The summed E-state index contributed by atoms with van der Waals surface area (Å²) in [4.78, 5) is 25.9. The molecule has 3 rings (SSSR count). The van der Waals surface area contributed by atoms with Gasteiger partial charge in [-0.25, -0.2) is 4.79 Å². The Morgan fingerprint density at radius 2 is 1.50 bits per heavy atom. The Balaban J connectivity index is 1.77. The van der Waals surface area contributed by atoms with E-state index < -0.39 is 6.09 Å². The number of benzene rings is 3. The van der Waals surface area contributed by atoms with Crippen LogP contribution >= 0.6 is 22.6 Å². The van der Waals surface area contributed by atoms with Crippen LogP contribution in [0.1, 0.15) is 30.0 Å². The molecule has 198 valence electrons. The smallest absolute Gasteiger partial charge is 0.407 e. The Morgan fingerprint density at radius 1 is 0.895 bits per heavy atom. The van der Waals surface area contributed by atoms with Crippen LogP contribution in [0, 0.1) is 3.57 Å². The summed E-state index contributed by atoms with van der Waals surface area (Å²) in [6.07, 6.45) is 2.73. The summed E-state index contributed by atoms with van der Waals surface area (Å²) >= 11 is 2.32. The SMILES string of the molecule is CC/C(=C(\c1ccc(I)cc1)c1ccc(OCCN(C/C=C/C(=O)N(C)C)C(=O)O)cc1)c1ccccc1. The summed E-state index contributed by atoms with van der Waals surface area (Å²) in [6.45, 7) is 2.66. The molecule has 0 spiro atoms. The van der Waals surface area contributed by atoms with Crippen molar-refractivity contribution in [1.82, 2.24) is 9.80 Å². The van der Waals surface area contributed by atoms with Gasteiger partial charge in [0.25, 0.3) is 0 Å². The summed E-state index contributed by atoms with van der Waals surface area (Å²) < 4.78 is 7.04. The molecule has 1 N–H and O–H groups in total. The van der Waals surface area contributed by atoms with Gasteiger partial charge in [0, 0.05) is 30.3 Å². The number of amides is 2. The molecular formula is C31H33IN2O4. The highest BCUT2D eigenvalue weighted by Crippen LogP contribution is 2.35. The lowest BCUT2D eigenvalue weighted by Gasteiger charge is -2.18. The van der Waals surface area contributed by atoms with E-state index in [1.807, 2.05) is 30.3 Å². The van der Waals surface area contributed by atoms with Crippen molar-refractivity contribution in [2.75, 3.05) is 33.8 Å². The number of carboxylic acid groups (broad SMARTS) is 1. The monoisotopic (exact) mass is 624 g/mol. The molecule has 0 aliphatic heterocycles. The third-order valence-electron chi connectivity index (χ3n) is 5.98. The van der Waals surface area contributed by atoms with Crippen LogP contribution < -0.4 is 4.74 Å². The number of allylic oxidation sites excluding steroid dienone is 1. The van der Waals surface area contributed by atoms with Crippen LogP contribution in [0.4, 0.5) is 4.79 Å². The molecule has 0 aliphatic rings. The molecule has 38 heavy (non-hydrogen) atoms. The lowest BCUT2D eigenvalue weighted by molar-refractivity contribution is -0.123. The number of carbonyl (C=O) groups excluding carboxylic acids is 1. The maximum atomic E-state index is 11.7. The fraction of sp³-hybridized carbons (Fsp3) is 0.226. The fourth-order valence-electron chi connectivity index (χ4n) is 3.98. The highest BCUT2D eigenvalue weighted by molar-refractivity contribution is 14.1. The number of nitrogens with zero attached hydrogens (tertiary/aromatic N) is 2. The molecule has 0 fully saturated rings. The highest BCUT2D eigenvalue weighted by atomic mass is 127. The second kappa shape index (κ2) is 14.4. The number of ether oxygens (including phenoxy) is 1. The predicted molar refractivity (Wildman–Crippen MR) is 161 cm³/mol. The molecule has 0 unspecified atom stereocenters. The molecule has 0 aromatic heterocycles. The maximum Gasteiger partial charge on any atom is 0.407 e. The van der Waals surface area contributed by atoms with Crippen molar-refractivity contribution in [3.63, 3.8) is 0 Å². The summed E-state index contributed by atoms with van der Waals surface area (Å²) in [5.74, 6) is 0.473. The number of hydrogen-bond donors (Lipinski definition) is 1. The highest BCUT2D eigenvalue weighted by Gasteiger charge is 2.14. The first kappa shape index (κ1) is 29.0. The van der Waals surface area contributed by atoms with Gasteiger partial charge in [-0.2, -0.15) is 0 Å². The van der Waals surface area contributed by atoms with Crippen molar-refractivity contribution in [3.05, 3.63) is 111 Å². The Hall–Kier alpha value is -3.59. The van der Waals surface area contributed by atoms with E-state index in [-0.39, 0.29) is 25.6 Å². The number of likely N-dealkylation sites (N-methyl/N-ethyl adjacent to an activating group) is 1. The van der Waals surface area contributed by atoms with Crippen molar-refractivity contribution >= 4 is 45.7 Å². The third kappa shape index (κ3) is 8.21. The topological polar surface area (TPSA) is 70.1 Å². The van der Waals surface area contributed by atoms with Gasteiger partial charge in [-0.05, 0) is 81.1 Å². The first-order valence-electron chi connectivity index (χ1n) is 12.4. The minimum atomic E-state index is -1.06. The van der Waals surface area contributed by atoms with Gasteiger partial charge < -0.3 is 19.6 Å². The zero-order valence-electron chi connectivity index (χ0n) is 21.9. The van der Waals surface area contributed by atoms with Gasteiger partial charge in [0.1, 0.15) is 12.4 Å². The third-order valence-corrected chi connectivity index (χ3v) is 6.70. The van der Waals surface area contributed by atoms with Crippen LogP contribution in [0.2, 0.25) is 0 Å². The van der Waals surface area contributed by atoms with Crippen LogP contribution in [0.5, 0.6) is 5.75 Å². The molecule has 3 aromatic carbocycles. The average molecular weight is 625 g/mol. The minimum absolute atomic E-state index is 0.112. The maximum absolute atomic E-state index is 11.7. The summed E-state index contributed by atoms with van der Waals surface area (Å²) in [6, 6.07) is 26.9. The standard InChI is InChI=1S/C31H33IN2O4/c1-4-28(23-9-6-5-7-10-23)30(24-12-16-26(32)17-13-24)25-14-18-27(19-15-25)38-22-21-34(31(36)37)20-8-11-29(35)33(2)3/h5-19H,4,20-22H2,1-3H3,(H,36,37)/b11-8+,30-28-. The minimum Gasteiger partial charge on any atom is -0.492 e. The Morgan fingerprint density at radius 3 is 2.05 bits per heavy atom. The Bertz CT molecular complexity index is 1270. The van der Waals surface area contributed by atoms with E-state index in [1.54, 1.807) is 20.2 Å². The molecule has 3 aromatic rings. The quantitative estimate of drug-likeness (QED) is 0.147. The molecule has 0 radical (unpaired) electrons. The van der Waals surface area contributed by atoms with Gasteiger partial charge in [0.05, 0.1) is 6.54 Å². The lowest BCUT2D eigenvalue weighted by atomic mass is 9.88. The number of hydrogen-bond acceptors (Lipinski definition) is 3. The van der Waals surface area contributed by atoms with Gasteiger partial charge in [0.15, 0.2) is 0 Å². The number of rotatable bonds is 11. The van der Waals surface area contributed by atoms with E-state index >= 15 is 0 Å². The molecule has 0 saturated heterocycles. The van der Waals surface area contributed by atoms with Gasteiger partial charge in [0.2, 0.25) is 5.91 Å². The van der Waals surface area contributed by atoms with Crippen LogP contribution in [-0.2, 0) is 4.79 Å². The molecule has 0 atom stereocenters. The van der Waals surface area contributed by atoms with E-state index in [0.29, 0.717) is 5.75 Å². The van der Waals surface area contributed by atoms with Crippen LogP contribution in [0.15, 0.2) is 91.0 Å². The molecule has 0 saturated carbocycles. The van der Waals surface area contributed by atoms with Crippen molar-refractivity contribution < 1.29 is 19.4 Å². The summed E-state index contributed by atoms with van der Waals surface area (Å²) in [5, 5.41) is 9.47. The lowest BCUT2D eigenvalue weighted by Crippen LogP contribution is -2.33. The van der Waals surface area contributed by atoms with Crippen LogP contribution in [-0.4, -0.2) is 60.7 Å². The summed E-state index contributed by atoms with van der Waals surface area (Å²) in [5.41, 5.74) is 5.87. The second-order valence-electron chi connectivity index (χ2n) is 8.82. The average Bonchev–Trinajstić information content (AvgIpc) is 2.92. The van der Waals surface area contributed by atoms with Gasteiger partial charge in [-0.3, -0.25) is 4.79 Å². The number of halogens is 1. The molecular weight excluding hydrogens is 591 g/mol. The van der Waals surface area contributed by atoms with Crippen LogP contribution in [0.25, 0.3) is 11.1 Å². The van der Waals surface area contributed by atoms with Gasteiger partial charge in [-0.15, -0.1) is 0 Å². The first-order chi connectivity index (χ1) is 18.3. The fourth-order valence-corrected chi connectivity index (χ4v) is 4.34. The van der Waals surface area contributed by atoms with Gasteiger partial charge in [-0.1, -0.05) is 67.6 Å². The van der Waals surface area contributed by atoms with E-state index in [2.05, 4.69) is 78.0 Å². The molecule has 0 aliphatic carbocycles. The normalized spacial score (nSPS) is 11.7. The molecule has 7 heteroatoms. The van der Waals surface area contributed by atoms with E-state index in [9.17, 15) is 14.7 Å². The van der Waals surface area contributed by atoms with Crippen molar-refractivity contribution in [1.29, 1.82) is 0 Å². The van der Waals surface area contributed by atoms with E-state index in [4.69, 9.17) is 4.74 Å². The second-order valence-corrected chi connectivity index (χ2v) is 10.1. The number of carbonyl (C=O) groups is 2. The van der Waals surface area contributed by atoms with Crippen molar-refractivity contribution in [2.45, 2.75) is 13.3 Å². The Kier molecular flexibility index (Phi) is 11.0. The molecule has 0 heterocycles. The molecule has 2 amide bonds. The van der Waals surface area contributed by atoms with E-state index in [0.717, 1.165) is 17.5 Å². The Labute approximate surface area is 238 Å². The van der Waals surface area contributed by atoms with Crippen molar-refractivity contribution in [2.24, 2.45) is 0 Å².